The third-order valence-corrected chi connectivity index (χ3v) is 6.13. The summed E-state index contributed by atoms with van der Waals surface area (Å²) in [4.78, 5) is 0. The maximum atomic E-state index is 4.10. The fraction of sp³-hybridized carbons (Fsp3) is 1.00. The highest BCUT2D eigenvalue weighted by molar-refractivity contribution is 4.89. The molecule has 0 radical (unpaired) electrons. The smallest absolute Gasteiger partial charge is 0.0103 e. The Labute approximate surface area is 127 Å². The summed E-state index contributed by atoms with van der Waals surface area (Å²) in [6.45, 7) is 12.1. The van der Waals surface area contributed by atoms with Crippen LogP contribution in [0.25, 0.3) is 0 Å². The van der Waals surface area contributed by atoms with E-state index in [0.29, 0.717) is 0 Å². The molecule has 118 valence electrons. The zero-order valence-electron chi connectivity index (χ0n) is 14.5. The molecule has 2 rings (SSSR count). The number of nitrogens with one attached hydrogen (secondary N) is 1. The summed E-state index contributed by atoms with van der Waals surface area (Å²) in [6.07, 6.45) is 10.0. The van der Waals surface area contributed by atoms with Crippen molar-refractivity contribution in [2.24, 2.45) is 29.6 Å². The van der Waals surface area contributed by atoms with Crippen molar-refractivity contribution >= 4 is 0 Å². The molecule has 0 aromatic carbocycles. The Kier molecular flexibility index (Phi) is 5.95. The average Bonchev–Trinajstić information content (AvgIpc) is 2.38. The van der Waals surface area contributed by atoms with Gasteiger partial charge in [0.1, 0.15) is 0 Å². The lowest BCUT2D eigenvalue weighted by molar-refractivity contribution is 0.136. The van der Waals surface area contributed by atoms with Crippen LogP contribution in [0, 0.1) is 29.6 Å². The molecule has 20 heavy (non-hydrogen) atoms. The van der Waals surface area contributed by atoms with Gasteiger partial charge >= 0.3 is 0 Å². The summed E-state index contributed by atoms with van der Waals surface area (Å²) in [5, 5.41) is 4.10. The van der Waals surface area contributed by atoms with Gasteiger partial charge in [-0.2, -0.15) is 0 Å². The minimum absolute atomic E-state index is 0.787. The molecule has 2 aliphatic carbocycles. The third kappa shape index (κ3) is 4.23. The van der Waals surface area contributed by atoms with Crippen molar-refractivity contribution in [1.82, 2.24) is 5.32 Å². The van der Waals surface area contributed by atoms with E-state index >= 15 is 0 Å². The van der Waals surface area contributed by atoms with E-state index in [9.17, 15) is 0 Å². The number of hydrogen-bond donors (Lipinski definition) is 1. The second-order valence-electron chi connectivity index (χ2n) is 8.47. The summed E-state index contributed by atoms with van der Waals surface area (Å²) in [5.41, 5.74) is 0. The first-order valence-electron chi connectivity index (χ1n) is 9.23. The van der Waals surface area contributed by atoms with Crippen LogP contribution < -0.4 is 5.32 Å². The van der Waals surface area contributed by atoms with Gasteiger partial charge in [-0.05, 0) is 55.3 Å². The van der Waals surface area contributed by atoms with Crippen molar-refractivity contribution in [1.29, 1.82) is 0 Å². The Hall–Kier alpha value is -0.0400. The van der Waals surface area contributed by atoms with E-state index in [1.54, 1.807) is 0 Å². The highest BCUT2D eigenvalue weighted by Gasteiger charge is 2.33. The van der Waals surface area contributed by atoms with E-state index in [-0.39, 0.29) is 0 Å². The predicted octanol–water partition coefficient (Wildman–Crippen LogP) is 5.25. The minimum atomic E-state index is 0.787. The lowest BCUT2D eigenvalue weighted by Crippen LogP contribution is -2.49. The topological polar surface area (TPSA) is 12.0 Å². The lowest BCUT2D eigenvalue weighted by atomic mass is 9.72. The lowest BCUT2D eigenvalue weighted by Gasteiger charge is -2.42. The Morgan fingerprint density at radius 1 is 0.850 bits per heavy atom. The Bertz CT molecular complexity index is 283. The maximum Gasteiger partial charge on any atom is 0.0103 e. The Morgan fingerprint density at radius 2 is 1.60 bits per heavy atom. The molecule has 1 heteroatoms. The summed E-state index contributed by atoms with van der Waals surface area (Å²) in [5.74, 6) is 4.49. The van der Waals surface area contributed by atoms with Gasteiger partial charge in [0.05, 0.1) is 0 Å². The zero-order chi connectivity index (χ0) is 14.7. The molecule has 2 fully saturated rings. The molecule has 0 spiro atoms. The van der Waals surface area contributed by atoms with Crippen LogP contribution in [0.15, 0.2) is 0 Å². The van der Waals surface area contributed by atoms with Gasteiger partial charge in [-0.3, -0.25) is 0 Å². The van der Waals surface area contributed by atoms with Crippen LogP contribution in [-0.2, 0) is 0 Å². The largest absolute Gasteiger partial charge is 0.311 e. The molecule has 0 bridgehead atoms. The van der Waals surface area contributed by atoms with Crippen LogP contribution in [0.5, 0.6) is 0 Å². The molecule has 5 atom stereocenters. The van der Waals surface area contributed by atoms with Gasteiger partial charge in [0.2, 0.25) is 0 Å². The molecule has 0 aromatic rings. The summed E-state index contributed by atoms with van der Waals surface area (Å²) < 4.78 is 0. The van der Waals surface area contributed by atoms with E-state index in [1.165, 1.54) is 44.9 Å². The van der Waals surface area contributed by atoms with E-state index in [0.717, 1.165) is 41.7 Å². The quantitative estimate of drug-likeness (QED) is 0.741. The van der Waals surface area contributed by atoms with E-state index in [1.807, 2.05) is 0 Å². The van der Waals surface area contributed by atoms with Crippen LogP contribution in [0.2, 0.25) is 0 Å². The van der Waals surface area contributed by atoms with Gasteiger partial charge in [-0.25, -0.2) is 0 Å². The van der Waals surface area contributed by atoms with Crippen LogP contribution in [0.4, 0.5) is 0 Å². The van der Waals surface area contributed by atoms with Gasteiger partial charge in [-0.1, -0.05) is 53.9 Å². The summed E-state index contributed by atoms with van der Waals surface area (Å²) >= 11 is 0. The van der Waals surface area contributed by atoms with Crippen molar-refractivity contribution in [3.63, 3.8) is 0 Å². The van der Waals surface area contributed by atoms with Gasteiger partial charge < -0.3 is 5.32 Å². The second kappa shape index (κ2) is 7.29. The van der Waals surface area contributed by atoms with Crippen molar-refractivity contribution in [3.05, 3.63) is 0 Å². The molecule has 5 unspecified atom stereocenters. The van der Waals surface area contributed by atoms with Crippen LogP contribution in [-0.4, -0.2) is 12.1 Å². The molecule has 0 aliphatic heterocycles. The SMILES string of the molecule is CC1CCC(C(C)C)C(NC2CCCC(C(C)C)C2)C1. The van der Waals surface area contributed by atoms with Crippen molar-refractivity contribution in [2.45, 2.75) is 91.6 Å². The van der Waals surface area contributed by atoms with Gasteiger partial charge in [0, 0.05) is 12.1 Å². The monoisotopic (exact) mass is 279 g/mol. The minimum Gasteiger partial charge on any atom is -0.311 e. The van der Waals surface area contributed by atoms with Gasteiger partial charge in [0.25, 0.3) is 0 Å². The van der Waals surface area contributed by atoms with E-state index in [4.69, 9.17) is 0 Å². The molecule has 2 saturated carbocycles. The van der Waals surface area contributed by atoms with Gasteiger partial charge in [-0.15, -0.1) is 0 Å². The first-order chi connectivity index (χ1) is 9.47. The number of rotatable bonds is 4. The van der Waals surface area contributed by atoms with Crippen molar-refractivity contribution in [2.75, 3.05) is 0 Å². The fourth-order valence-corrected chi connectivity index (χ4v) is 4.68. The zero-order valence-corrected chi connectivity index (χ0v) is 14.5. The summed E-state index contributed by atoms with van der Waals surface area (Å²) in [6, 6.07) is 1.59. The van der Waals surface area contributed by atoms with Crippen molar-refractivity contribution < 1.29 is 0 Å². The Morgan fingerprint density at radius 3 is 2.25 bits per heavy atom. The normalized spacial score (nSPS) is 39.5. The molecule has 0 amide bonds. The molecule has 0 saturated heterocycles. The fourth-order valence-electron chi connectivity index (χ4n) is 4.68. The number of hydrogen-bond acceptors (Lipinski definition) is 1. The molecular formula is C19H37N. The summed E-state index contributed by atoms with van der Waals surface area (Å²) in [7, 11) is 0. The third-order valence-electron chi connectivity index (χ3n) is 6.13. The maximum absolute atomic E-state index is 4.10. The molecule has 1 nitrogen and oxygen atoms in total. The van der Waals surface area contributed by atoms with E-state index in [2.05, 4.69) is 39.9 Å². The van der Waals surface area contributed by atoms with Crippen LogP contribution >= 0.6 is 0 Å². The van der Waals surface area contributed by atoms with Crippen LogP contribution in [0.1, 0.15) is 79.6 Å². The van der Waals surface area contributed by atoms with E-state index < -0.39 is 0 Å². The first-order valence-corrected chi connectivity index (χ1v) is 9.23. The molecule has 0 aromatic heterocycles. The first kappa shape index (κ1) is 16.3. The second-order valence-corrected chi connectivity index (χ2v) is 8.47. The molecule has 1 N–H and O–H groups in total. The van der Waals surface area contributed by atoms with Crippen LogP contribution in [0.3, 0.4) is 0 Å². The standard InChI is InChI=1S/C19H37N/c1-13(2)16-7-6-8-17(12-16)20-19-11-15(5)9-10-18(19)14(3)4/h13-20H,6-12H2,1-5H3. The highest BCUT2D eigenvalue weighted by Crippen LogP contribution is 2.36. The molecule has 2 aliphatic rings. The van der Waals surface area contributed by atoms with Crippen molar-refractivity contribution in [3.8, 4) is 0 Å². The average molecular weight is 280 g/mol. The highest BCUT2D eigenvalue weighted by atomic mass is 15.0. The Balaban J connectivity index is 1.92. The molecular weight excluding hydrogens is 242 g/mol. The predicted molar refractivity (Wildman–Crippen MR) is 88.9 cm³/mol. The van der Waals surface area contributed by atoms with Gasteiger partial charge in [0.15, 0.2) is 0 Å². The molecule has 0 heterocycles.